The molecule has 1 heterocycles. The lowest BCUT2D eigenvalue weighted by atomic mass is 10.0. The Labute approximate surface area is 124 Å². The SMILES string of the molecule is CCOc1cccc(C(O)C2SCCSC2CC)c1. The van der Waals surface area contributed by atoms with E-state index in [-0.39, 0.29) is 0 Å². The quantitative estimate of drug-likeness (QED) is 0.896. The van der Waals surface area contributed by atoms with E-state index in [9.17, 15) is 5.11 Å². The van der Waals surface area contributed by atoms with Gasteiger partial charge in [-0.15, -0.1) is 0 Å². The van der Waals surface area contributed by atoms with E-state index in [1.165, 1.54) is 5.75 Å². The minimum Gasteiger partial charge on any atom is -0.494 e. The molecule has 4 heteroatoms. The Hall–Kier alpha value is -0.320. The van der Waals surface area contributed by atoms with Crippen molar-refractivity contribution in [1.82, 2.24) is 0 Å². The summed E-state index contributed by atoms with van der Waals surface area (Å²) in [5.74, 6) is 3.18. The van der Waals surface area contributed by atoms with E-state index in [1.54, 1.807) is 0 Å². The Morgan fingerprint density at radius 1 is 1.32 bits per heavy atom. The van der Waals surface area contributed by atoms with Crippen LogP contribution in [-0.2, 0) is 0 Å². The molecule has 1 aliphatic heterocycles. The number of hydrogen-bond donors (Lipinski definition) is 1. The first kappa shape index (κ1) is 15.1. The molecule has 0 amide bonds. The molecule has 1 aromatic carbocycles. The maximum Gasteiger partial charge on any atom is 0.119 e. The summed E-state index contributed by atoms with van der Waals surface area (Å²) in [5.41, 5.74) is 0.976. The maximum absolute atomic E-state index is 10.6. The minimum absolute atomic E-state index is 0.292. The molecular formula is C15H22O2S2. The highest BCUT2D eigenvalue weighted by atomic mass is 32.2. The third kappa shape index (κ3) is 3.83. The van der Waals surface area contributed by atoms with Gasteiger partial charge in [-0.3, -0.25) is 0 Å². The number of ether oxygens (including phenoxy) is 1. The van der Waals surface area contributed by atoms with Crippen molar-refractivity contribution in [3.05, 3.63) is 29.8 Å². The Morgan fingerprint density at radius 2 is 2.11 bits per heavy atom. The van der Waals surface area contributed by atoms with Gasteiger partial charge in [-0.2, -0.15) is 23.5 Å². The molecular weight excluding hydrogens is 276 g/mol. The molecule has 3 atom stereocenters. The van der Waals surface area contributed by atoms with Gasteiger partial charge >= 0.3 is 0 Å². The lowest BCUT2D eigenvalue weighted by Gasteiger charge is -2.33. The van der Waals surface area contributed by atoms with Gasteiger partial charge in [0.15, 0.2) is 0 Å². The van der Waals surface area contributed by atoms with Gasteiger partial charge in [0, 0.05) is 22.0 Å². The van der Waals surface area contributed by atoms with Crippen LogP contribution in [0.3, 0.4) is 0 Å². The molecule has 1 aromatic rings. The fourth-order valence-electron chi connectivity index (χ4n) is 2.38. The van der Waals surface area contributed by atoms with Crippen LogP contribution in [0.4, 0.5) is 0 Å². The first-order valence-electron chi connectivity index (χ1n) is 6.90. The van der Waals surface area contributed by atoms with E-state index in [4.69, 9.17) is 4.74 Å². The molecule has 0 radical (unpaired) electrons. The van der Waals surface area contributed by atoms with Crippen molar-refractivity contribution >= 4 is 23.5 Å². The van der Waals surface area contributed by atoms with Crippen LogP contribution in [0.1, 0.15) is 31.9 Å². The summed E-state index contributed by atoms with van der Waals surface area (Å²) in [6.45, 7) is 4.84. The molecule has 2 rings (SSSR count). The van der Waals surface area contributed by atoms with Crippen LogP contribution < -0.4 is 4.74 Å². The molecule has 0 saturated carbocycles. The average Bonchev–Trinajstić information content (AvgIpc) is 2.47. The van der Waals surface area contributed by atoms with E-state index in [0.717, 1.165) is 23.5 Å². The normalized spacial score (nSPS) is 25.0. The number of aliphatic hydroxyl groups excluding tert-OH is 1. The number of benzene rings is 1. The second kappa shape index (κ2) is 7.46. The van der Waals surface area contributed by atoms with Gasteiger partial charge in [0.05, 0.1) is 12.7 Å². The van der Waals surface area contributed by atoms with Crippen LogP contribution in [0.25, 0.3) is 0 Å². The molecule has 0 bridgehead atoms. The first-order chi connectivity index (χ1) is 9.26. The van der Waals surface area contributed by atoms with Crippen molar-refractivity contribution in [3.63, 3.8) is 0 Å². The third-order valence-electron chi connectivity index (χ3n) is 3.32. The summed E-state index contributed by atoms with van der Waals surface area (Å²) < 4.78 is 5.51. The molecule has 0 aliphatic carbocycles. The van der Waals surface area contributed by atoms with Crippen LogP contribution in [0.15, 0.2) is 24.3 Å². The van der Waals surface area contributed by atoms with Crippen LogP contribution in [0.5, 0.6) is 5.75 Å². The lowest BCUT2D eigenvalue weighted by Crippen LogP contribution is -2.31. The van der Waals surface area contributed by atoms with Crippen molar-refractivity contribution in [2.24, 2.45) is 0 Å². The molecule has 1 N–H and O–H groups in total. The van der Waals surface area contributed by atoms with Crippen molar-refractivity contribution in [2.45, 2.75) is 36.9 Å². The fraction of sp³-hybridized carbons (Fsp3) is 0.600. The van der Waals surface area contributed by atoms with Gasteiger partial charge in [-0.05, 0) is 31.0 Å². The van der Waals surface area contributed by atoms with Crippen molar-refractivity contribution in [1.29, 1.82) is 0 Å². The lowest BCUT2D eigenvalue weighted by molar-refractivity contribution is 0.172. The van der Waals surface area contributed by atoms with E-state index in [1.807, 2.05) is 54.7 Å². The largest absolute Gasteiger partial charge is 0.494 e. The van der Waals surface area contributed by atoms with Gasteiger partial charge in [0.25, 0.3) is 0 Å². The summed E-state index contributed by atoms with van der Waals surface area (Å²) in [4.78, 5) is 0. The zero-order chi connectivity index (χ0) is 13.7. The van der Waals surface area contributed by atoms with E-state index >= 15 is 0 Å². The smallest absolute Gasteiger partial charge is 0.119 e. The van der Waals surface area contributed by atoms with Crippen LogP contribution >= 0.6 is 23.5 Å². The Morgan fingerprint density at radius 3 is 2.84 bits per heavy atom. The number of thioether (sulfide) groups is 2. The highest BCUT2D eigenvalue weighted by molar-refractivity contribution is 8.07. The molecule has 1 aliphatic rings. The number of aliphatic hydroxyl groups is 1. The predicted molar refractivity (Wildman–Crippen MR) is 85.4 cm³/mol. The van der Waals surface area contributed by atoms with Crippen LogP contribution in [-0.4, -0.2) is 33.7 Å². The number of rotatable bonds is 5. The summed E-state index contributed by atoms with van der Waals surface area (Å²) in [7, 11) is 0. The average molecular weight is 298 g/mol. The maximum atomic E-state index is 10.6. The monoisotopic (exact) mass is 298 g/mol. The second-order valence-corrected chi connectivity index (χ2v) is 7.24. The summed E-state index contributed by atoms with van der Waals surface area (Å²) in [5, 5.41) is 11.5. The highest BCUT2D eigenvalue weighted by Crippen LogP contribution is 2.40. The summed E-state index contributed by atoms with van der Waals surface area (Å²) in [6.07, 6.45) is 0.716. The zero-order valence-corrected chi connectivity index (χ0v) is 13.2. The Bertz CT molecular complexity index is 397. The summed E-state index contributed by atoms with van der Waals surface area (Å²) in [6, 6.07) is 7.88. The molecule has 0 aromatic heterocycles. The van der Waals surface area contributed by atoms with Gasteiger partial charge in [-0.25, -0.2) is 0 Å². The van der Waals surface area contributed by atoms with E-state index in [0.29, 0.717) is 17.1 Å². The Balaban J connectivity index is 2.12. The van der Waals surface area contributed by atoms with Gasteiger partial charge < -0.3 is 9.84 Å². The topological polar surface area (TPSA) is 29.5 Å². The van der Waals surface area contributed by atoms with Crippen LogP contribution in [0.2, 0.25) is 0 Å². The molecule has 0 spiro atoms. The second-order valence-electron chi connectivity index (χ2n) is 4.60. The molecule has 1 fully saturated rings. The highest BCUT2D eigenvalue weighted by Gasteiger charge is 2.31. The van der Waals surface area contributed by atoms with Crippen molar-refractivity contribution in [2.75, 3.05) is 18.1 Å². The molecule has 2 nitrogen and oxygen atoms in total. The van der Waals surface area contributed by atoms with E-state index in [2.05, 4.69) is 6.92 Å². The summed E-state index contributed by atoms with van der Waals surface area (Å²) >= 11 is 3.90. The molecule has 1 saturated heterocycles. The fourth-order valence-corrected chi connectivity index (χ4v) is 5.51. The number of hydrogen-bond acceptors (Lipinski definition) is 4. The zero-order valence-electron chi connectivity index (χ0n) is 11.5. The predicted octanol–water partition coefficient (Wildman–Crippen LogP) is 3.75. The minimum atomic E-state index is -0.400. The molecule has 3 unspecified atom stereocenters. The third-order valence-corrected chi connectivity index (χ3v) is 6.65. The Kier molecular flexibility index (Phi) is 5.92. The van der Waals surface area contributed by atoms with Crippen LogP contribution in [0, 0.1) is 0 Å². The van der Waals surface area contributed by atoms with Crippen molar-refractivity contribution in [3.8, 4) is 5.75 Å². The first-order valence-corrected chi connectivity index (χ1v) is 9.00. The molecule has 19 heavy (non-hydrogen) atoms. The van der Waals surface area contributed by atoms with Gasteiger partial charge in [-0.1, -0.05) is 19.1 Å². The van der Waals surface area contributed by atoms with Gasteiger partial charge in [0.1, 0.15) is 5.75 Å². The molecule has 106 valence electrons. The standard InChI is InChI=1S/C15H22O2S2/c1-3-13-15(19-9-8-18-13)14(16)11-6-5-7-12(10-11)17-4-2/h5-7,10,13-16H,3-4,8-9H2,1-2H3. The van der Waals surface area contributed by atoms with Crippen molar-refractivity contribution < 1.29 is 9.84 Å². The van der Waals surface area contributed by atoms with E-state index < -0.39 is 6.10 Å². The van der Waals surface area contributed by atoms with Gasteiger partial charge in [0.2, 0.25) is 0 Å².